The number of rotatable bonds is 6. The zero-order chi connectivity index (χ0) is 27.5. The smallest absolute Gasteiger partial charge is 0.418 e. The molecular formula is C26H29F5N4O3. The number of pyridine rings is 1. The molecule has 5 rings (SSSR count). The van der Waals surface area contributed by atoms with Gasteiger partial charge < -0.3 is 24.8 Å². The van der Waals surface area contributed by atoms with Gasteiger partial charge in [-0.1, -0.05) is 0 Å². The van der Waals surface area contributed by atoms with Gasteiger partial charge in [0.15, 0.2) is 0 Å². The molecule has 1 saturated carbocycles. The van der Waals surface area contributed by atoms with Gasteiger partial charge in [-0.25, -0.2) is 13.8 Å². The number of aromatic nitrogens is 3. The minimum atomic E-state index is -4.66. The Morgan fingerprint density at radius 3 is 2.47 bits per heavy atom. The van der Waals surface area contributed by atoms with Crippen LogP contribution in [0.2, 0.25) is 0 Å². The molecule has 206 valence electrons. The summed E-state index contributed by atoms with van der Waals surface area (Å²) in [7, 11) is 0. The SMILES string of the molecule is CC1CC(O)(c2ccc(C(F)F)cn2)CC(COc2cc(C(F)(F)F)c3c(c2)ncn3C2CC(C)(O)C2)N1. The molecule has 0 amide bonds. The molecule has 0 radical (unpaired) electrons. The number of imidazole rings is 1. The lowest BCUT2D eigenvalue weighted by atomic mass is 9.77. The number of hydrogen-bond donors (Lipinski definition) is 3. The fourth-order valence-corrected chi connectivity index (χ4v) is 5.71. The fourth-order valence-electron chi connectivity index (χ4n) is 5.71. The van der Waals surface area contributed by atoms with Crippen LogP contribution in [0.3, 0.4) is 0 Å². The van der Waals surface area contributed by atoms with Crippen molar-refractivity contribution >= 4 is 11.0 Å². The summed E-state index contributed by atoms with van der Waals surface area (Å²) in [5.41, 5.74) is -3.12. The Balaban J connectivity index is 1.35. The maximum absolute atomic E-state index is 14.1. The first kappa shape index (κ1) is 26.8. The Morgan fingerprint density at radius 1 is 1.13 bits per heavy atom. The molecule has 0 spiro atoms. The molecule has 12 heteroatoms. The Kier molecular flexibility index (Phi) is 6.64. The van der Waals surface area contributed by atoms with E-state index in [4.69, 9.17) is 4.74 Å². The summed E-state index contributed by atoms with van der Waals surface area (Å²) in [6, 6.07) is 4.07. The number of benzene rings is 1. The molecular weight excluding hydrogens is 511 g/mol. The summed E-state index contributed by atoms with van der Waals surface area (Å²) in [5.74, 6) is -0.0151. The van der Waals surface area contributed by atoms with E-state index in [0.29, 0.717) is 12.8 Å². The van der Waals surface area contributed by atoms with Crippen LogP contribution >= 0.6 is 0 Å². The quantitative estimate of drug-likeness (QED) is 0.386. The van der Waals surface area contributed by atoms with Crippen molar-refractivity contribution in [2.75, 3.05) is 6.61 Å². The van der Waals surface area contributed by atoms with E-state index < -0.39 is 35.4 Å². The molecule has 2 aromatic heterocycles. The number of alkyl halides is 5. The lowest BCUT2D eigenvalue weighted by molar-refractivity contribution is -0.136. The molecule has 1 aliphatic heterocycles. The zero-order valence-electron chi connectivity index (χ0n) is 20.8. The highest BCUT2D eigenvalue weighted by molar-refractivity contribution is 5.82. The number of nitrogens with one attached hydrogen (secondary N) is 1. The van der Waals surface area contributed by atoms with Gasteiger partial charge in [-0.15, -0.1) is 0 Å². The predicted octanol–water partition coefficient (Wildman–Crippen LogP) is 4.88. The van der Waals surface area contributed by atoms with Gasteiger partial charge in [-0.05, 0) is 51.3 Å². The molecule has 1 aliphatic carbocycles. The zero-order valence-corrected chi connectivity index (χ0v) is 20.8. The molecule has 7 nitrogen and oxygen atoms in total. The highest BCUT2D eigenvalue weighted by Crippen LogP contribution is 2.45. The van der Waals surface area contributed by atoms with Crippen LogP contribution in [-0.2, 0) is 11.8 Å². The maximum Gasteiger partial charge on any atom is 0.418 e. The van der Waals surface area contributed by atoms with Crippen molar-refractivity contribution in [1.82, 2.24) is 19.9 Å². The van der Waals surface area contributed by atoms with E-state index >= 15 is 0 Å². The Morgan fingerprint density at radius 2 is 1.87 bits per heavy atom. The van der Waals surface area contributed by atoms with Gasteiger partial charge in [0.2, 0.25) is 0 Å². The Labute approximate surface area is 215 Å². The first-order valence-electron chi connectivity index (χ1n) is 12.4. The van der Waals surface area contributed by atoms with Crippen molar-refractivity contribution in [2.24, 2.45) is 0 Å². The van der Waals surface area contributed by atoms with Gasteiger partial charge in [0.1, 0.15) is 18.0 Å². The molecule has 3 unspecified atom stereocenters. The number of fused-ring (bicyclic) bond motifs is 1. The van der Waals surface area contributed by atoms with Crippen molar-refractivity contribution in [3.8, 4) is 5.75 Å². The predicted molar refractivity (Wildman–Crippen MR) is 128 cm³/mol. The highest BCUT2D eigenvalue weighted by Gasteiger charge is 2.43. The van der Waals surface area contributed by atoms with Crippen molar-refractivity contribution in [3.63, 3.8) is 0 Å². The summed E-state index contributed by atoms with van der Waals surface area (Å²) < 4.78 is 75.2. The van der Waals surface area contributed by atoms with E-state index in [0.717, 1.165) is 12.3 Å². The normalized spacial score (nSPS) is 30.0. The Bertz CT molecular complexity index is 1300. The first-order chi connectivity index (χ1) is 17.7. The molecule has 1 aromatic carbocycles. The van der Waals surface area contributed by atoms with Crippen molar-refractivity contribution in [1.29, 1.82) is 0 Å². The first-order valence-corrected chi connectivity index (χ1v) is 12.4. The maximum atomic E-state index is 14.1. The van der Waals surface area contributed by atoms with Gasteiger partial charge >= 0.3 is 6.18 Å². The van der Waals surface area contributed by atoms with Crippen LogP contribution in [0.5, 0.6) is 5.75 Å². The van der Waals surface area contributed by atoms with Crippen LogP contribution in [0.4, 0.5) is 22.0 Å². The van der Waals surface area contributed by atoms with Gasteiger partial charge in [0, 0.05) is 42.4 Å². The topological polar surface area (TPSA) is 92.4 Å². The van der Waals surface area contributed by atoms with Crippen molar-refractivity contribution < 1.29 is 36.9 Å². The van der Waals surface area contributed by atoms with Gasteiger partial charge in [0.05, 0.1) is 34.2 Å². The lowest BCUT2D eigenvalue weighted by Gasteiger charge is -2.42. The minimum Gasteiger partial charge on any atom is -0.492 e. The van der Waals surface area contributed by atoms with Gasteiger partial charge in [0.25, 0.3) is 6.43 Å². The van der Waals surface area contributed by atoms with E-state index in [1.54, 1.807) is 6.92 Å². The largest absolute Gasteiger partial charge is 0.492 e. The van der Waals surface area contributed by atoms with E-state index in [9.17, 15) is 32.2 Å². The average molecular weight is 541 g/mol. The van der Waals surface area contributed by atoms with Crippen LogP contribution in [-0.4, -0.2) is 49.0 Å². The van der Waals surface area contributed by atoms with E-state index in [1.807, 2.05) is 6.92 Å². The van der Waals surface area contributed by atoms with E-state index in [2.05, 4.69) is 15.3 Å². The molecule has 3 N–H and O–H groups in total. The number of ether oxygens (including phenoxy) is 1. The fraction of sp³-hybridized carbons (Fsp3) is 0.538. The molecule has 3 atom stereocenters. The Hall–Kier alpha value is -2.83. The standard InChI is InChI=1S/C26H29F5N4O3/c1-14-7-25(37,21-4-3-15(11-32-21)23(27)28)8-16(34-14)12-38-18-5-19(26(29,30)31)22-20(6-18)33-13-35(22)17-9-24(2,36)10-17/h3-6,11,13-14,16-17,23,34,36-37H,7-10,12H2,1-2H3. The number of hydrogen-bond acceptors (Lipinski definition) is 6. The van der Waals surface area contributed by atoms with Crippen LogP contribution in [0, 0.1) is 0 Å². The lowest BCUT2D eigenvalue weighted by Crippen LogP contribution is -2.53. The third-order valence-electron chi connectivity index (χ3n) is 7.41. The molecule has 38 heavy (non-hydrogen) atoms. The summed E-state index contributed by atoms with van der Waals surface area (Å²) >= 11 is 0. The number of piperidine rings is 1. The summed E-state index contributed by atoms with van der Waals surface area (Å²) in [4.78, 5) is 8.22. The second-order valence-corrected chi connectivity index (χ2v) is 10.8. The second-order valence-electron chi connectivity index (χ2n) is 10.8. The summed E-state index contributed by atoms with van der Waals surface area (Å²) in [5, 5.41) is 24.6. The molecule has 2 fully saturated rings. The third-order valence-corrected chi connectivity index (χ3v) is 7.41. The van der Waals surface area contributed by atoms with Crippen LogP contribution in [0.1, 0.15) is 68.8 Å². The second kappa shape index (κ2) is 9.42. The van der Waals surface area contributed by atoms with Crippen LogP contribution < -0.4 is 10.1 Å². The number of halogens is 5. The molecule has 3 aromatic rings. The third kappa shape index (κ3) is 5.21. The van der Waals surface area contributed by atoms with Crippen molar-refractivity contribution in [2.45, 2.75) is 81.5 Å². The minimum absolute atomic E-state index is 0.0151. The summed E-state index contributed by atoms with van der Waals surface area (Å²) in [6.07, 6.45) is -3.86. The number of nitrogens with zero attached hydrogens (tertiary/aromatic N) is 3. The molecule has 1 saturated heterocycles. The highest BCUT2D eigenvalue weighted by atomic mass is 19.4. The number of aliphatic hydroxyl groups is 2. The monoisotopic (exact) mass is 540 g/mol. The molecule has 3 heterocycles. The van der Waals surface area contributed by atoms with E-state index in [-0.39, 0.29) is 59.6 Å². The van der Waals surface area contributed by atoms with Crippen molar-refractivity contribution in [3.05, 3.63) is 53.6 Å². The average Bonchev–Trinajstić information content (AvgIpc) is 3.23. The van der Waals surface area contributed by atoms with E-state index in [1.165, 1.54) is 29.1 Å². The molecule has 2 aliphatic rings. The summed E-state index contributed by atoms with van der Waals surface area (Å²) in [6.45, 7) is 3.44. The van der Waals surface area contributed by atoms with Crippen LogP contribution in [0.25, 0.3) is 11.0 Å². The van der Waals surface area contributed by atoms with Gasteiger partial charge in [-0.2, -0.15) is 13.2 Å². The van der Waals surface area contributed by atoms with Crippen LogP contribution in [0.15, 0.2) is 36.8 Å². The molecule has 0 bridgehead atoms. The van der Waals surface area contributed by atoms with Gasteiger partial charge in [-0.3, -0.25) is 4.98 Å².